The fourth-order valence-electron chi connectivity index (χ4n) is 22.7. The number of aryl methyl sites for hydroxylation is 1. The van der Waals surface area contributed by atoms with Gasteiger partial charge in [0.05, 0.1) is 11.4 Å². The van der Waals surface area contributed by atoms with E-state index >= 15 is 0 Å². The Kier molecular flexibility index (Phi) is 20.1. The highest BCUT2D eigenvalue weighted by Crippen LogP contribution is 2.62. The molecule has 0 aromatic heterocycles. The Labute approximate surface area is 773 Å². The minimum Gasteiger partial charge on any atom is -0.310 e. The molecule has 0 N–H and O–H groups in total. The summed E-state index contributed by atoms with van der Waals surface area (Å²) >= 11 is 0. The van der Waals surface area contributed by atoms with Crippen molar-refractivity contribution in [2.24, 2.45) is 0 Å². The largest absolute Gasteiger partial charge is 0.310 e. The Balaban J connectivity index is 0.758. The third-order valence-electron chi connectivity index (χ3n) is 30.9. The zero-order valence-electron chi connectivity index (χ0n) is 82.6. The maximum absolute atomic E-state index is 2.68. The minimum absolute atomic E-state index is 0.0187. The average molecular weight is 1690 g/mol. The summed E-state index contributed by atoms with van der Waals surface area (Å²) in [5, 5.41) is 0. The summed E-state index contributed by atoms with van der Waals surface area (Å²) in [5.41, 5.74) is 50.5. The van der Waals surface area contributed by atoms with E-state index in [1.807, 2.05) is 0 Å². The van der Waals surface area contributed by atoms with E-state index in [9.17, 15) is 0 Å². The Hall–Kier alpha value is -11.3. The molecule has 5 aliphatic rings. The first-order valence-electron chi connectivity index (χ1n) is 48.0. The van der Waals surface area contributed by atoms with E-state index in [0.29, 0.717) is 0 Å². The molecule has 0 heterocycles. The lowest BCUT2D eigenvalue weighted by molar-refractivity contribution is 0.550. The number of anilines is 6. The molecule has 5 aliphatic carbocycles. The van der Waals surface area contributed by atoms with Crippen molar-refractivity contribution in [1.29, 1.82) is 0 Å². The first kappa shape index (κ1) is 87.0. The van der Waals surface area contributed by atoms with Crippen LogP contribution in [0.4, 0.5) is 34.1 Å². The second-order valence-electron chi connectivity index (χ2n) is 48.0. The van der Waals surface area contributed by atoms with Crippen molar-refractivity contribution >= 4 is 34.1 Å². The highest BCUT2D eigenvalue weighted by Gasteiger charge is 2.47. The van der Waals surface area contributed by atoms with Gasteiger partial charge in [-0.2, -0.15) is 0 Å². The van der Waals surface area contributed by atoms with E-state index in [-0.39, 0.29) is 59.6 Å². The third kappa shape index (κ3) is 14.6. The fraction of sp³-hybridized carbons (Fsp3) is 0.339. The van der Waals surface area contributed by atoms with Crippen LogP contribution in [0.25, 0.3) is 100 Å². The van der Waals surface area contributed by atoms with Crippen LogP contribution in [-0.4, -0.2) is 0 Å². The highest BCUT2D eigenvalue weighted by molar-refractivity contribution is 6.00. The van der Waals surface area contributed by atoms with E-state index in [1.54, 1.807) is 0 Å². The van der Waals surface area contributed by atoms with Gasteiger partial charge in [0.15, 0.2) is 0 Å². The molecule has 129 heavy (non-hydrogen) atoms. The summed E-state index contributed by atoms with van der Waals surface area (Å²) in [6.45, 7) is 66.4. The first-order chi connectivity index (χ1) is 60.5. The lowest BCUT2D eigenvalue weighted by atomic mass is 9.76. The molecule has 1 spiro atoms. The van der Waals surface area contributed by atoms with Crippen LogP contribution in [0.1, 0.15) is 302 Å². The number of rotatable bonds is 11. The van der Waals surface area contributed by atoms with Gasteiger partial charge < -0.3 is 9.80 Å². The Bertz CT molecular complexity index is 6880. The summed E-state index contributed by atoms with van der Waals surface area (Å²) in [5.74, 6) is 0. The van der Waals surface area contributed by atoms with Crippen molar-refractivity contribution in [3.63, 3.8) is 0 Å². The second-order valence-corrected chi connectivity index (χ2v) is 48.0. The summed E-state index contributed by atoms with van der Waals surface area (Å²) in [6.07, 6.45) is 4.61. The van der Waals surface area contributed by atoms with Gasteiger partial charge in [-0.05, 0) is 321 Å². The molecule has 14 aromatic rings. The van der Waals surface area contributed by atoms with Crippen LogP contribution in [0.2, 0.25) is 0 Å². The molecule has 19 rings (SSSR count). The lowest BCUT2D eigenvalue weighted by Crippen LogP contribution is -2.21. The van der Waals surface area contributed by atoms with Gasteiger partial charge in [-0.25, -0.2) is 0 Å². The predicted molar refractivity (Wildman–Crippen MR) is 556 cm³/mol. The molecule has 0 saturated heterocycles. The van der Waals surface area contributed by atoms with E-state index in [4.69, 9.17) is 0 Å². The van der Waals surface area contributed by atoms with Crippen molar-refractivity contribution in [1.82, 2.24) is 0 Å². The van der Waals surface area contributed by atoms with Crippen LogP contribution in [0.3, 0.4) is 0 Å². The molecule has 0 unspecified atom stereocenters. The van der Waals surface area contributed by atoms with E-state index in [1.165, 1.54) is 219 Å². The summed E-state index contributed by atoms with van der Waals surface area (Å²) in [6, 6.07) is 108. The van der Waals surface area contributed by atoms with Crippen molar-refractivity contribution < 1.29 is 0 Å². The van der Waals surface area contributed by atoms with Crippen LogP contribution in [-0.2, 0) is 59.6 Å². The molecule has 1 fully saturated rings. The SMILES string of the molecule is Cc1cc(N(c2ccc3c(c2)C(C)(C)c2ccc(-c4ccc5c(c4)-c4ccc(N(c6ccc7c(c6)C(C)(C)c6ccccc6-7)c6cc(C(C)(C)C)ccc6-c6ccc(C(C)(C)C)cc6-c6cc(C(C)(C)C)cc(C(C)(C)C)c6)cc4C54CCCC4)cc2-3)c2ccc3c(c2)C(C)(C)c2cc(C(C)(C)C)ccc2-3)c(-c2cccc(C(C)(C)C)c2)cc1-c1ccc(C(C)(C)C)cc1. The number of hydrogen-bond acceptors (Lipinski definition) is 2. The zero-order chi connectivity index (χ0) is 91.7. The second kappa shape index (κ2) is 29.9. The zero-order valence-corrected chi connectivity index (χ0v) is 82.6. The van der Waals surface area contributed by atoms with Gasteiger partial charge >= 0.3 is 0 Å². The van der Waals surface area contributed by atoms with Crippen molar-refractivity contribution in [2.75, 3.05) is 9.80 Å². The molecule has 0 radical (unpaired) electrons. The number of hydrogen-bond donors (Lipinski definition) is 0. The molecule has 0 amide bonds. The van der Waals surface area contributed by atoms with E-state index in [2.05, 4.69) is 471 Å². The molecule has 0 aliphatic heterocycles. The third-order valence-corrected chi connectivity index (χ3v) is 30.9. The quantitative estimate of drug-likeness (QED) is 0.127. The van der Waals surface area contributed by atoms with Crippen molar-refractivity contribution in [3.05, 3.63) is 356 Å². The van der Waals surface area contributed by atoms with Crippen molar-refractivity contribution in [2.45, 2.75) is 279 Å². The number of fused-ring (bicyclic) bond motifs is 14. The molecule has 0 atom stereocenters. The number of benzene rings is 14. The normalized spacial score (nSPS) is 15.6. The van der Waals surface area contributed by atoms with Gasteiger partial charge in [-0.15, -0.1) is 0 Å². The van der Waals surface area contributed by atoms with Gasteiger partial charge in [0.2, 0.25) is 0 Å². The van der Waals surface area contributed by atoms with Crippen molar-refractivity contribution in [3.8, 4) is 100 Å². The highest BCUT2D eigenvalue weighted by atomic mass is 15.2. The van der Waals surface area contributed by atoms with Crippen LogP contribution in [0, 0.1) is 6.92 Å². The molecular weight excluding hydrogens is 1550 g/mol. The van der Waals surface area contributed by atoms with E-state index in [0.717, 1.165) is 29.9 Å². The predicted octanol–water partition coefficient (Wildman–Crippen LogP) is 36.1. The molecule has 14 aromatic carbocycles. The Morgan fingerprint density at radius 2 is 0.566 bits per heavy atom. The molecule has 654 valence electrons. The van der Waals surface area contributed by atoms with Gasteiger partial charge in [-0.1, -0.05) is 382 Å². The summed E-state index contributed by atoms with van der Waals surface area (Å²) in [7, 11) is 0. The maximum atomic E-state index is 2.68. The minimum atomic E-state index is -0.319. The Morgan fingerprint density at radius 3 is 1.08 bits per heavy atom. The standard InChI is InChI=1S/C127H136N2/c1-77-62-115(104(81-34-33-35-84(63-81)118(5,6)7)76-102(77)78-38-42-83(43-39-78)117(2,3)4)128(90-48-55-98-96-52-45-86(120(11,12)13)70-110(96)126(27,28)112(98)73-90)91-49-56-99-105-66-79(40-58-108(105)125(25,26)113(99)74-91)80-41-59-109-106(67-80)100-57-50-93(75-114(100)127(109)60-31-32-61-127)129(92-47-54-97-95-36-29-30-37-107(95)124(23,24)111(97)72-92)116-71-87(121(14,15)16)46-53-101(116)94-51-44-85(119(8,9)10)69-103(94)82-64-88(122(17,18)19)68-89(65-82)123(20,21)22/h29-30,33-59,62-76H,31-32,60-61H2,1-28H3. The molecule has 1 saturated carbocycles. The molecule has 0 bridgehead atoms. The Morgan fingerprint density at radius 1 is 0.202 bits per heavy atom. The van der Waals surface area contributed by atoms with Crippen LogP contribution in [0.15, 0.2) is 267 Å². The van der Waals surface area contributed by atoms with Gasteiger partial charge in [0, 0.05) is 55.5 Å². The van der Waals surface area contributed by atoms with Crippen LogP contribution >= 0.6 is 0 Å². The average Bonchev–Trinajstić information content (AvgIpc) is 1.50. The van der Waals surface area contributed by atoms with Gasteiger partial charge in [-0.3, -0.25) is 0 Å². The number of nitrogens with zero attached hydrogens (tertiary/aromatic N) is 2. The summed E-state index contributed by atoms with van der Waals surface area (Å²) in [4.78, 5) is 5.31. The smallest absolute Gasteiger partial charge is 0.0543 e. The monoisotopic (exact) mass is 1690 g/mol. The first-order valence-corrected chi connectivity index (χ1v) is 48.0. The van der Waals surface area contributed by atoms with Gasteiger partial charge in [0.1, 0.15) is 0 Å². The fourth-order valence-corrected chi connectivity index (χ4v) is 22.7. The maximum Gasteiger partial charge on any atom is 0.0543 e. The van der Waals surface area contributed by atoms with Gasteiger partial charge in [0.25, 0.3) is 0 Å². The van der Waals surface area contributed by atoms with Crippen LogP contribution < -0.4 is 9.80 Å². The molecular formula is C127H136N2. The van der Waals surface area contributed by atoms with E-state index < -0.39 is 0 Å². The lowest BCUT2D eigenvalue weighted by Gasteiger charge is -2.33. The topological polar surface area (TPSA) is 6.48 Å². The van der Waals surface area contributed by atoms with Crippen LogP contribution in [0.5, 0.6) is 0 Å². The molecule has 2 nitrogen and oxygen atoms in total. The molecule has 2 heteroatoms. The summed E-state index contributed by atoms with van der Waals surface area (Å²) < 4.78 is 0.